The van der Waals surface area contributed by atoms with E-state index in [1.165, 1.54) is 12.1 Å². The number of hydrogen-bond donors (Lipinski definition) is 1. The Bertz CT molecular complexity index is 339. The van der Waals surface area contributed by atoms with Crippen molar-refractivity contribution in [3.8, 4) is 0 Å². The molecule has 0 heterocycles. The van der Waals surface area contributed by atoms with Crippen LogP contribution in [0.2, 0.25) is 0 Å². The van der Waals surface area contributed by atoms with E-state index in [4.69, 9.17) is 5.73 Å². The van der Waals surface area contributed by atoms with Crippen LogP contribution in [-0.4, -0.2) is 13.0 Å². The Morgan fingerprint density at radius 1 is 1.19 bits per heavy atom. The third-order valence-electron chi connectivity index (χ3n) is 2.30. The van der Waals surface area contributed by atoms with Crippen molar-refractivity contribution in [2.24, 2.45) is 5.73 Å². The molecule has 2 N–H and O–H groups in total. The van der Waals surface area contributed by atoms with Crippen LogP contribution in [0, 0.1) is 0 Å². The van der Waals surface area contributed by atoms with Crippen molar-refractivity contribution in [3.05, 3.63) is 35.4 Å². The second-order valence-corrected chi connectivity index (χ2v) is 3.47. The summed E-state index contributed by atoms with van der Waals surface area (Å²) < 4.78 is 50.8. The fourth-order valence-corrected chi connectivity index (χ4v) is 1.47. The van der Waals surface area contributed by atoms with Gasteiger partial charge in [0.25, 0.3) is 0 Å². The number of aryl methyl sites for hydroxylation is 1. The molecule has 0 radical (unpaired) electrons. The fraction of sp³-hybridized carbons (Fsp3) is 0.455. The Balaban J connectivity index is 3.02. The van der Waals surface area contributed by atoms with Gasteiger partial charge in [0.2, 0.25) is 0 Å². The van der Waals surface area contributed by atoms with Crippen molar-refractivity contribution in [1.29, 1.82) is 0 Å². The van der Waals surface area contributed by atoms with Gasteiger partial charge in [-0.2, -0.15) is 8.78 Å². The molecule has 0 spiro atoms. The van der Waals surface area contributed by atoms with Crippen molar-refractivity contribution in [2.75, 3.05) is 6.54 Å². The molecule has 0 fully saturated rings. The quantitative estimate of drug-likeness (QED) is 0.780. The molecule has 90 valence electrons. The van der Waals surface area contributed by atoms with Gasteiger partial charge in [0, 0.05) is 5.56 Å². The molecule has 0 unspecified atom stereocenters. The molecule has 0 amide bonds. The van der Waals surface area contributed by atoms with Crippen molar-refractivity contribution in [3.63, 3.8) is 0 Å². The number of benzene rings is 1. The summed E-state index contributed by atoms with van der Waals surface area (Å²) in [5, 5.41) is 0. The minimum atomic E-state index is -4.09. The van der Waals surface area contributed by atoms with Gasteiger partial charge in [0.05, 0.1) is 0 Å². The van der Waals surface area contributed by atoms with Gasteiger partial charge in [-0.1, -0.05) is 24.3 Å². The van der Waals surface area contributed by atoms with Gasteiger partial charge in [-0.25, -0.2) is 8.78 Å². The van der Waals surface area contributed by atoms with Crippen LogP contribution in [0.3, 0.4) is 0 Å². The highest BCUT2D eigenvalue weighted by Crippen LogP contribution is 2.36. The lowest BCUT2D eigenvalue weighted by molar-refractivity contribution is -0.135. The fourth-order valence-electron chi connectivity index (χ4n) is 1.47. The molecule has 16 heavy (non-hydrogen) atoms. The summed E-state index contributed by atoms with van der Waals surface area (Å²) in [5.41, 5.74) is 4.90. The van der Waals surface area contributed by atoms with Crippen LogP contribution in [0.15, 0.2) is 24.3 Å². The van der Waals surface area contributed by atoms with Crippen LogP contribution in [0.5, 0.6) is 0 Å². The van der Waals surface area contributed by atoms with Gasteiger partial charge in [0.15, 0.2) is 0 Å². The summed E-state index contributed by atoms with van der Waals surface area (Å²) in [6.45, 7) is 0.342. The summed E-state index contributed by atoms with van der Waals surface area (Å²) >= 11 is 0. The van der Waals surface area contributed by atoms with E-state index in [0.29, 0.717) is 13.0 Å². The molecule has 1 nitrogen and oxygen atoms in total. The monoisotopic (exact) mass is 235 g/mol. The third-order valence-corrected chi connectivity index (χ3v) is 2.30. The van der Waals surface area contributed by atoms with Gasteiger partial charge < -0.3 is 5.73 Å². The van der Waals surface area contributed by atoms with Gasteiger partial charge in [-0.3, -0.25) is 0 Å². The minimum Gasteiger partial charge on any atom is -0.330 e. The molecule has 1 rings (SSSR count). The Morgan fingerprint density at radius 2 is 1.81 bits per heavy atom. The van der Waals surface area contributed by atoms with E-state index in [2.05, 4.69) is 0 Å². The Kier molecular flexibility index (Phi) is 4.29. The summed E-state index contributed by atoms with van der Waals surface area (Å²) in [7, 11) is 0. The standard InChI is InChI=1S/C11H13F4N/c12-10(13)11(14,15)9-6-2-1-4-8(9)5-3-7-16/h1-2,4,6,10H,3,5,7,16H2. The first-order chi connectivity index (χ1) is 7.50. The average molecular weight is 235 g/mol. The molecule has 0 aliphatic carbocycles. The largest absolute Gasteiger partial charge is 0.332 e. The molecule has 0 aromatic heterocycles. The first-order valence-electron chi connectivity index (χ1n) is 4.94. The SMILES string of the molecule is NCCCc1ccccc1C(F)(F)C(F)F. The zero-order chi connectivity index (χ0) is 12.2. The summed E-state index contributed by atoms with van der Waals surface area (Å²) in [4.78, 5) is 0. The summed E-state index contributed by atoms with van der Waals surface area (Å²) in [6, 6.07) is 5.35. The van der Waals surface area contributed by atoms with Crippen molar-refractivity contribution >= 4 is 0 Å². The molecule has 1 aromatic carbocycles. The average Bonchev–Trinajstić information content (AvgIpc) is 2.26. The molecule has 0 aliphatic rings. The molecule has 0 aliphatic heterocycles. The van der Waals surface area contributed by atoms with Gasteiger partial charge in [-0.15, -0.1) is 0 Å². The smallest absolute Gasteiger partial charge is 0.330 e. The van der Waals surface area contributed by atoms with E-state index in [1.807, 2.05) is 0 Å². The molecule has 0 atom stereocenters. The Labute approximate surface area is 91.3 Å². The number of nitrogens with two attached hydrogens (primary N) is 1. The van der Waals surface area contributed by atoms with Crippen LogP contribution >= 0.6 is 0 Å². The maximum Gasteiger partial charge on any atom is 0.332 e. The first-order valence-corrected chi connectivity index (χ1v) is 4.94. The predicted molar refractivity (Wildman–Crippen MR) is 53.7 cm³/mol. The third kappa shape index (κ3) is 2.72. The normalized spacial score (nSPS) is 12.1. The molecule has 0 bridgehead atoms. The zero-order valence-corrected chi connectivity index (χ0v) is 8.60. The molecular formula is C11H13F4N. The topological polar surface area (TPSA) is 26.0 Å². The van der Waals surface area contributed by atoms with E-state index in [0.717, 1.165) is 6.07 Å². The highest BCUT2D eigenvalue weighted by Gasteiger charge is 2.43. The Morgan fingerprint density at radius 3 is 2.38 bits per heavy atom. The van der Waals surface area contributed by atoms with Crippen LogP contribution in [-0.2, 0) is 12.3 Å². The van der Waals surface area contributed by atoms with E-state index < -0.39 is 17.9 Å². The first kappa shape index (κ1) is 13.0. The van der Waals surface area contributed by atoms with Crippen molar-refractivity contribution < 1.29 is 17.6 Å². The molecule has 0 saturated heterocycles. The van der Waals surface area contributed by atoms with Crippen LogP contribution < -0.4 is 5.73 Å². The molecule has 5 heteroatoms. The van der Waals surface area contributed by atoms with Crippen molar-refractivity contribution in [1.82, 2.24) is 0 Å². The lowest BCUT2D eigenvalue weighted by Crippen LogP contribution is -2.25. The van der Waals surface area contributed by atoms with Gasteiger partial charge in [0.1, 0.15) is 0 Å². The van der Waals surface area contributed by atoms with Crippen molar-refractivity contribution in [2.45, 2.75) is 25.2 Å². The summed E-state index contributed by atoms with van der Waals surface area (Å²) in [5.74, 6) is -4.09. The van der Waals surface area contributed by atoms with E-state index in [9.17, 15) is 17.6 Å². The highest BCUT2D eigenvalue weighted by molar-refractivity contribution is 5.31. The second-order valence-electron chi connectivity index (χ2n) is 3.47. The number of halogens is 4. The number of alkyl halides is 4. The molecule has 0 saturated carbocycles. The lowest BCUT2D eigenvalue weighted by Gasteiger charge is -2.19. The maximum absolute atomic E-state index is 13.2. The summed E-state index contributed by atoms with van der Waals surface area (Å²) in [6.07, 6.45) is -2.91. The number of hydrogen-bond acceptors (Lipinski definition) is 1. The van der Waals surface area contributed by atoms with Crippen LogP contribution in [0.4, 0.5) is 17.6 Å². The Hall–Kier alpha value is -1.10. The van der Waals surface area contributed by atoms with E-state index in [1.54, 1.807) is 6.07 Å². The van der Waals surface area contributed by atoms with E-state index >= 15 is 0 Å². The molecular weight excluding hydrogens is 222 g/mol. The zero-order valence-electron chi connectivity index (χ0n) is 8.60. The van der Waals surface area contributed by atoms with Crippen LogP contribution in [0.1, 0.15) is 17.5 Å². The predicted octanol–water partition coefficient (Wildman–Crippen LogP) is 2.93. The number of rotatable bonds is 5. The maximum atomic E-state index is 13.2. The second kappa shape index (κ2) is 5.30. The minimum absolute atomic E-state index is 0.234. The van der Waals surface area contributed by atoms with Gasteiger partial charge in [-0.05, 0) is 24.9 Å². The lowest BCUT2D eigenvalue weighted by atomic mass is 9.98. The highest BCUT2D eigenvalue weighted by atomic mass is 19.3. The van der Waals surface area contributed by atoms with Crippen LogP contribution in [0.25, 0.3) is 0 Å². The van der Waals surface area contributed by atoms with Gasteiger partial charge >= 0.3 is 12.3 Å². The van der Waals surface area contributed by atoms with E-state index in [-0.39, 0.29) is 12.0 Å². The molecule has 1 aromatic rings.